The predicted octanol–water partition coefficient (Wildman–Crippen LogP) is 0.296. The molecule has 0 aromatic carbocycles. The average Bonchev–Trinajstić information content (AvgIpc) is 2.34. The molecule has 0 amide bonds. The molecule has 1 fully saturated rings. The lowest BCUT2D eigenvalue weighted by Crippen LogP contribution is -2.27. The minimum Gasteiger partial charge on any atom is -0.380 e. The van der Waals surface area contributed by atoms with Crippen LogP contribution in [-0.2, 0) is 9.53 Å². The van der Waals surface area contributed by atoms with Crippen LogP contribution in [0.15, 0.2) is 0 Å². The van der Waals surface area contributed by atoms with E-state index in [2.05, 4.69) is 4.90 Å². The highest BCUT2D eigenvalue weighted by Crippen LogP contribution is 2.10. The lowest BCUT2D eigenvalue weighted by molar-refractivity contribution is -0.117. The molecule has 1 aliphatic heterocycles. The van der Waals surface area contributed by atoms with Crippen LogP contribution >= 0.6 is 0 Å². The minimum atomic E-state index is 0.238. The Labute approximate surface area is 67.3 Å². The van der Waals surface area contributed by atoms with Crippen molar-refractivity contribution in [1.29, 1.82) is 0 Å². The quantitative estimate of drug-likeness (QED) is 0.590. The Morgan fingerprint density at radius 3 is 2.91 bits per heavy atom. The number of methoxy groups -OCH3 is 1. The van der Waals surface area contributed by atoms with Gasteiger partial charge in [-0.1, -0.05) is 0 Å². The van der Waals surface area contributed by atoms with Gasteiger partial charge in [0.2, 0.25) is 0 Å². The minimum absolute atomic E-state index is 0.238. The molecular weight excluding hydrogens is 142 g/mol. The van der Waals surface area contributed by atoms with Gasteiger partial charge in [-0.2, -0.15) is 0 Å². The Bertz CT molecular complexity index is 147. The number of nitrogens with zero attached hydrogens (tertiary/aromatic N) is 1. The summed E-state index contributed by atoms with van der Waals surface area (Å²) in [6.45, 7) is 4.12. The van der Waals surface area contributed by atoms with Gasteiger partial charge < -0.3 is 4.74 Å². The first-order chi connectivity index (χ1) is 5.22. The molecule has 3 nitrogen and oxygen atoms in total. The fraction of sp³-hybridized carbons (Fsp3) is 0.875. The van der Waals surface area contributed by atoms with Crippen molar-refractivity contribution in [2.24, 2.45) is 0 Å². The maximum atomic E-state index is 10.7. The van der Waals surface area contributed by atoms with Gasteiger partial charge in [0.05, 0.1) is 12.6 Å². The van der Waals surface area contributed by atoms with Gasteiger partial charge in [0.1, 0.15) is 5.78 Å². The largest absolute Gasteiger partial charge is 0.380 e. The molecule has 0 N–H and O–H groups in total. The zero-order valence-corrected chi connectivity index (χ0v) is 7.17. The summed E-state index contributed by atoms with van der Waals surface area (Å²) in [4.78, 5) is 12.8. The maximum absolute atomic E-state index is 10.7. The number of hydrogen-bond acceptors (Lipinski definition) is 3. The molecule has 64 valence electrons. The van der Waals surface area contributed by atoms with Crippen molar-refractivity contribution in [1.82, 2.24) is 4.90 Å². The maximum Gasteiger partial charge on any atom is 0.143 e. The van der Waals surface area contributed by atoms with E-state index in [1.807, 2.05) is 0 Å². The standard InChI is InChI=1S/C8H15NO2/c1-7(10)5-9-4-3-8(6-9)11-2/h8H,3-6H2,1-2H3/t8-/m0/s1. The van der Waals surface area contributed by atoms with E-state index in [0.717, 1.165) is 19.5 Å². The first kappa shape index (κ1) is 8.68. The Morgan fingerprint density at radius 2 is 2.45 bits per heavy atom. The topological polar surface area (TPSA) is 29.5 Å². The zero-order valence-electron chi connectivity index (χ0n) is 7.17. The highest BCUT2D eigenvalue weighted by atomic mass is 16.5. The third kappa shape index (κ3) is 2.60. The van der Waals surface area contributed by atoms with E-state index in [-0.39, 0.29) is 5.78 Å². The van der Waals surface area contributed by atoms with Crippen LogP contribution in [0.3, 0.4) is 0 Å². The molecule has 1 heterocycles. The van der Waals surface area contributed by atoms with Gasteiger partial charge in [-0.05, 0) is 13.3 Å². The molecule has 0 spiro atoms. The lowest BCUT2D eigenvalue weighted by Gasteiger charge is -2.12. The number of likely N-dealkylation sites (tertiary alicyclic amines) is 1. The van der Waals surface area contributed by atoms with Gasteiger partial charge in [-0.3, -0.25) is 9.69 Å². The number of carbonyl (C=O) groups excluding carboxylic acids is 1. The highest BCUT2D eigenvalue weighted by Gasteiger charge is 2.22. The number of ether oxygens (including phenoxy) is 1. The second-order valence-electron chi connectivity index (χ2n) is 3.08. The first-order valence-electron chi connectivity index (χ1n) is 3.97. The molecule has 0 radical (unpaired) electrons. The van der Waals surface area contributed by atoms with Crippen molar-refractivity contribution in [3.63, 3.8) is 0 Å². The van der Waals surface area contributed by atoms with E-state index in [1.165, 1.54) is 0 Å². The molecule has 0 aromatic heterocycles. The number of carbonyl (C=O) groups is 1. The molecule has 0 bridgehead atoms. The van der Waals surface area contributed by atoms with E-state index in [1.54, 1.807) is 14.0 Å². The lowest BCUT2D eigenvalue weighted by atomic mass is 10.3. The van der Waals surface area contributed by atoms with Crippen LogP contribution in [-0.4, -0.2) is 43.5 Å². The molecule has 0 aliphatic carbocycles. The summed E-state index contributed by atoms with van der Waals surface area (Å²) < 4.78 is 5.17. The smallest absolute Gasteiger partial charge is 0.143 e. The summed E-state index contributed by atoms with van der Waals surface area (Å²) in [5, 5.41) is 0. The predicted molar refractivity (Wildman–Crippen MR) is 42.5 cm³/mol. The molecule has 1 aliphatic rings. The van der Waals surface area contributed by atoms with E-state index in [4.69, 9.17) is 4.74 Å². The third-order valence-corrected chi connectivity index (χ3v) is 2.01. The summed E-state index contributed by atoms with van der Waals surface area (Å²) in [5.74, 6) is 0.238. The SMILES string of the molecule is CO[C@H]1CCN(CC(C)=O)C1. The number of hydrogen-bond donors (Lipinski definition) is 0. The Balaban J connectivity index is 2.24. The fourth-order valence-electron chi connectivity index (χ4n) is 1.45. The van der Waals surface area contributed by atoms with Gasteiger partial charge >= 0.3 is 0 Å². The van der Waals surface area contributed by atoms with Crippen molar-refractivity contribution in [3.8, 4) is 0 Å². The van der Waals surface area contributed by atoms with Crippen molar-refractivity contribution in [2.45, 2.75) is 19.4 Å². The summed E-state index contributed by atoms with van der Waals surface area (Å²) in [7, 11) is 1.72. The van der Waals surface area contributed by atoms with Crippen LogP contribution in [0.2, 0.25) is 0 Å². The van der Waals surface area contributed by atoms with Crippen molar-refractivity contribution in [3.05, 3.63) is 0 Å². The van der Waals surface area contributed by atoms with Crippen LogP contribution in [0, 0.1) is 0 Å². The van der Waals surface area contributed by atoms with Crippen molar-refractivity contribution >= 4 is 5.78 Å². The van der Waals surface area contributed by atoms with Crippen molar-refractivity contribution < 1.29 is 9.53 Å². The van der Waals surface area contributed by atoms with Crippen LogP contribution < -0.4 is 0 Å². The monoisotopic (exact) mass is 157 g/mol. The average molecular weight is 157 g/mol. The summed E-state index contributed by atoms with van der Waals surface area (Å²) in [6.07, 6.45) is 1.40. The van der Waals surface area contributed by atoms with E-state index >= 15 is 0 Å². The summed E-state index contributed by atoms with van der Waals surface area (Å²) >= 11 is 0. The molecule has 11 heavy (non-hydrogen) atoms. The van der Waals surface area contributed by atoms with Crippen LogP contribution in [0.25, 0.3) is 0 Å². The fourth-order valence-corrected chi connectivity index (χ4v) is 1.45. The molecule has 0 unspecified atom stereocenters. The van der Waals surface area contributed by atoms with Crippen LogP contribution in [0.1, 0.15) is 13.3 Å². The van der Waals surface area contributed by atoms with Crippen LogP contribution in [0.5, 0.6) is 0 Å². The van der Waals surface area contributed by atoms with E-state index in [9.17, 15) is 4.79 Å². The third-order valence-electron chi connectivity index (χ3n) is 2.01. The van der Waals surface area contributed by atoms with Crippen LogP contribution in [0.4, 0.5) is 0 Å². The van der Waals surface area contributed by atoms with Gasteiger partial charge in [-0.25, -0.2) is 0 Å². The van der Waals surface area contributed by atoms with Gasteiger partial charge in [-0.15, -0.1) is 0 Å². The van der Waals surface area contributed by atoms with E-state index < -0.39 is 0 Å². The molecular formula is C8H15NO2. The van der Waals surface area contributed by atoms with Gasteiger partial charge in [0.25, 0.3) is 0 Å². The van der Waals surface area contributed by atoms with Gasteiger partial charge in [0, 0.05) is 20.2 Å². The second kappa shape index (κ2) is 3.83. The Morgan fingerprint density at radius 1 is 1.73 bits per heavy atom. The number of Topliss-reactive ketones (excluding diaryl/α,β-unsaturated/α-hetero) is 1. The van der Waals surface area contributed by atoms with Crippen molar-refractivity contribution in [2.75, 3.05) is 26.7 Å². The van der Waals surface area contributed by atoms with Gasteiger partial charge in [0.15, 0.2) is 0 Å². The normalized spacial score (nSPS) is 25.8. The molecule has 0 aromatic rings. The number of ketones is 1. The molecule has 1 rings (SSSR count). The molecule has 0 saturated carbocycles. The first-order valence-corrected chi connectivity index (χ1v) is 3.97. The summed E-state index contributed by atoms with van der Waals surface area (Å²) in [6, 6.07) is 0. The molecule has 1 saturated heterocycles. The number of rotatable bonds is 3. The Hall–Kier alpha value is -0.410. The summed E-state index contributed by atoms with van der Waals surface area (Å²) in [5.41, 5.74) is 0. The Kier molecular flexibility index (Phi) is 3.02. The highest BCUT2D eigenvalue weighted by molar-refractivity contribution is 5.77. The van der Waals surface area contributed by atoms with E-state index in [0.29, 0.717) is 12.6 Å². The second-order valence-corrected chi connectivity index (χ2v) is 3.08. The molecule has 1 atom stereocenters. The molecule has 3 heteroatoms. The zero-order chi connectivity index (χ0) is 8.27.